The summed E-state index contributed by atoms with van der Waals surface area (Å²) in [6.45, 7) is 5.50. The standard InChI is InChI=1S/C16H30N4/c1-3-4-5-6-11-20(2)12-7-10-19-16-9-8-14(17)13-15(16)18/h8-9,13,19H,3-7,10-12,17-18H2,1-2H3. The molecule has 5 N–H and O–H groups in total. The Morgan fingerprint density at radius 3 is 2.50 bits per heavy atom. The fraction of sp³-hybridized carbons (Fsp3) is 0.625. The minimum absolute atomic E-state index is 0.708. The summed E-state index contributed by atoms with van der Waals surface area (Å²) in [7, 11) is 2.20. The zero-order valence-corrected chi connectivity index (χ0v) is 13.0. The molecule has 0 atom stereocenters. The Balaban J connectivity index is 2.12. The molecule has 0 saturated heterocycles. The number of nitrogens with one attached hydrogen (secondary N) is 1. The van der Waals surface area contributed by atoms with E-state index in [9.17, 15) is 0 Å². The highest BCUT2D eigenvalue weighted by atomic mass is 15.1. The van der Waals surface area contributed by atoms with Gasteiger partial charge in [0.1, 0.15) is 0 Å². The number of nitrogens with zero attached hydrogens (tertiary/aromatic N) is 1. The smallest absolute Gasteiger partial charge is 0.0575 e. The molecular formula is C16H30N4. The number of hydrogen-bond donors (Lipinski definition) is 3. The van der Waals surface area contributed by atoms with E-state index in [1.807, 2.05) is 12.1 Å². The maximum absolute atomic E-state index is 5.90. The number of hydrogen-bond acceptors (Lipinski definition) is 4. The zero-order valence-electron chi connectivity index (χ0n) is 13.0. The molecule has 4 nitrogen and oxygen atoms in total. The molecule has 0 bridgehead atoms. The van der Waals surface area contributed by atoms with Crippen LogP contribution in [-0.2, 0) is 0 Å². The van der Waals surface area contributed by atoms with E-state index < -0.39 is 0 Å². The van der Waals surface area contributed by atoms with Crippen LogP contribution in [0.25, 0.3) is 0 Å². The van der Waals surface area contributed by atoms with Crippen molar-refractivity contribution < 1.29 is 0 Å². The molecule has 0 saturated carbocycles. The largest absolute Gasteiger partial charge is 0.399 e. The SMILES string of the molecule is CCCCCCN(C)CCCNc1ccc(N)cc1N. The normalized spacial score (nSPS) is 10.9. The first-order valence-electron chi connectivity index (χ1n) is 7.71. The molecule has 1 aromatic rings. The van der Waals surface area contributed by atoms with E-state index in [2.05, 4.69) is 24.2 Å². The second-order valence-corrected chi connectivity index (χ2v) is 5.49. The van der Waals surface area contributed by atoms with Gasteiger partial charge in [0.05, 0.1) is 11.4 Å². The van der Waals surface area contributed by atoms with E-state index in [4.69, 9.17) is 11.5 Å². The number of unbranched alkanes of at least 4 members (excludes halogenated alkanes) is 3. The second-order valence-electron chi connectivity index (χ2n) is 5.49. The first kappa shape index (κ1) is 16.6. The number of rotatable bonds is 10. The van der Waals surface area contributed by atoms with Crippen LogP contribution in [0.4, 0.5) is 17.1 Å². The van der Waals surface area contributed by atoms with Crippen LogP contribution in [0.3, 0.4) is 0 Å². The lowest BCUT2D eigenvalue weighted by Gasteiger charge is -2.17. The maximum atomic E-state index is 5.90. The molecule has 0 spiro atoms. The molecule has 0 aromatic heterocycles. The van der Waals surface area contributed by atoms with Gasteiger partial charge in [0, 0.05) is 12.2 Å². The third-order valence-electron chi connectivity index (χ3n) is 3.50. The zero-order chi connectivity index (χ0) is 14.8. The van der Waals surface area contributed by atoms with Crippen LogP contribution in [-0.4, -0.2) is 31.6 Å². The molecule has 0 fully saturated rings. The van der Waals surface area contributed by atoms with Gasteiger partial charge in [-0.05, 0) is 51.2 Å². The Bertz CT molecular complexity index is 379. The molecule has 1 rings (SSSR count). The number of benzene rings is 1. The molecule has 0 radical (unpaired) electrons. The summed E-state index contributed by atoms with van der Waals surface area (Å²) in [4.78, 5) is 2.41. The third-order valence-corrected chi connectivity index (χ3v) is 3.50. The van der Waals surface area contributed by atoms with Crippen molar-refractivity contribution in [3.05, 3.63) is 18.2 Å². The van der Waals surface area contributed by atoms with Crippen LogP contribution in [0, 0.1) is 0 Å². The topological polar surface area (TPSA) is 67.3 Å². The molecule has 0 amide bonds. The van der Waals surface area contributed by atoms with Gasteiger partial charge in [-0.3, -0.25) is 0 Å². The fourth-order valence-corrected chi connectivity index (χ4v) is 2.23. The predicted octanol–water partition coefficient (Wildman–Crippen LogP) is 3.17. The van der Waals surface area contributed by atoms with Gasteiger partial charge in [0.25, 0.3) is 0 Å². The molecular weight excluding hydrogens is 248 g/mol. The Hall–Kier alpha value is -1.42. The van der Waals surface area contributed by atoms with Crippen molar-refractivity contribution in [2.75, 3.05) is 43.5 Å². The van der Waals surface area contributed by atoms with E-state index in [1.165, 1.54) is 32.2 Å². The molecule has 0 aliphatic rings. The summed E-state index contributed by atoms with van der Waals surface area (Å²) < 4.78 is 0. The van der Waals surface area contributed by atoms with Crippen LogP contribution in [0.5, 0.6) is 0 Å². The summed E-state index contributed by atoms with van der Waals surface area (Å²) in [6.07, 6.45) is 6.43. The highest BCUT2D eigenvalue weighted by Crippen LogP contribution is 2.20. The molecule has 0 heterocycles. The molecule has 0 aliphatic heterocycles. The molecule has 0 aliphatic carbocycles. The monoisotopic (exact) mass is 278 g/mol. The van der Waals surface area contributed by atoms with E-state index in [-0.39, 0.29) is 0 Å². The lowest BCUT2D eigenvalue weighted by Crippen LogP contribution is -2.22. The van der Waals surface area contributed by atoms with Crippen LogP contribution in [0.1, 0.15) is 39.0 Å². The van der Waals surface area contributed by atoms with Crippen molar-refractivity contribution >= 4 is 17.1 Å². The van der Waals surface area contributed by atoms with Crippen molar-refractivity contribution in [2.45, 2.75) is 39.0 Å². The maximum Gasteiger partial charge on any atom is 0.0575 e. The average Bonchev–Trinajstić information content (AvgIpc) is 2.41. The molecule has 0 unspecified atom stereocenters. The van der Waals surface area contributed by atoms with Crippen LogP contribution in [0.15, 0.2) is 18.2 Å². The van der Waals surface area contributed by atoms with Gasteiger partial charge in [-0.2, -0.15) is 0 Å². The molecule has 4 heteroatoms. The third kappa shape index (κ3) is 6.66. The van der Waals surface area contributed by atoms with E-state index in [1.54, 1.807) is 6.07 Å². The lowest BCUT2D eigenvalue weighted by atomic mass is 10.2. The highest BCUT2D eigenvalue weighted by Gasteiger charge is 2.00. The fourth-order valence-electron chi connectivity index (χ4n) is 2.23. The Morgan fingerprint density at radius 2 is 1.80 bits per heavy atom. The quantitative estimate of drug-likeness (QED) is 0.454. The van der Waals surface area contributed by atoms with Gasteiger partial charge < -0.3 is 21.7 Å². The lowest BCUT2D eigenvalue weighted by molar-refractivity contribution is 0.323. The Morgan fingerprint density at radius 1 is 1.05 bits per heavy atom. The van der Waals surface area contributed by atoms with Gasteiger partial charge in [0.2, 0.25) is 0 Å². The van der Waals surface area contributed by atoms with E-state index >= 15 is 0 Å². The Labute approximate surface area is 123 Å². The number of nitrogen functional groups attached to an aromatic ring is 2. The second kappa shape index (κ2) is 9.48. The summed E-state index contributed by atoms with van der Waals surface area (Å²) in [5.41, 5.74) is 14.0. The minimum atomic E-state index is 0.708. The van der Waals surface area contributed by atoms with Crippen molar-refractivity contribution in [1.82, 2.24) is 4.90 Å². The van der Waals surface area contributed by atoms with Crippen LogP contribution in [0.2, 0.25) is 0 Å². The summed E-state index contributed by atoms with van der Waals surface area (Å²) in [5.74, 6) is 0. The van der Waals surface area contributed by atoms with Gasteiger partial charge in [-0.15, -0.1) is 0 Å². The number of nitrogens with two attached hydrogens (primary N) is 2. The molecule has 20 heavy (non-hydrogen) atoms. The summed E-state index contributed by atoms with van der Waals surface area (Å²) in [6, 6.07) is 5.61. The predicted molar refractivity (Wildman–Crippen MR) is 90.0 cm³/mol. The van der Waals surface area contributed by atoms with E-state index in [0.29, 0.717) is 5.69 Å². The first-order valence-corrected chi connectivity index (χ1v) is 7.71. The van der Waals surface area contributed by atoms with Crippen LogP contribution >= 0.6 is 0 Å². The number of anilines is 3. The van der Waals surface area contributed by atoms with Crippen molar-refractivity contribution in [1.29, 1.82) is 0 Å². The minimum Gasteiger partial charge on any atom is -0.399 e. The van der Waals surface area contributed by atoms with Gasteiger partial charge in [-0.1, -0.05) is 26.2 Å². The summed E-state index contributed by atoms with van der Waals surface area (Å²) >= 11 is 0. The molecule has 114 valence electrons. The molecule has 1 aromatic carbocycles. The first-order chi connectivity index (χ1) is 9.63. The van der Waals surface area contributed by atoms with Crippen LogP contribution < -0.4 is 16.8 Å². The van der Waals surface area contributed by atoms with Crippen molar-refractivity contribution in [3.63, 3.8) is 0 Å². The summed E-state index contributed by atoms with van der Waals surface area (Å²) in [5, 5.41) is 3.36. The van der Waals surface area contributed by atoms with Gasteiger partial charge in [-0.25, -0.2) is 0 Å². The van der Waals surface area contributed by atoms with Crippen molar-refractivity contribution in [2.24, 2.45) is 0 Å². The highest BCUT2D eigenvalue weighted by molar-refractivity contribution is 5.70. The van der Waals surface area contributed by atoms with Gasteiger partial charge >= 0.3 is 0 Å². The van der Waals surface area contributed by atoms with Gasteiger partial charge in [0.15, 0.2) is 0 Å². The van der Waals surface area contributed by atoms with E-state index in [0.717, 1.165) is 30.9 Å². The average molecular weight is 278 g/mol. The van der Waals surface area contributed by atoms with Crippen molar-refractivity contribution in [3.8, 4) is 0 Å². The Kier molecular flexibility index (Phi) is 7.88.